The van der Waals surface area contributed by atoms with E-state index in [0.29, 0.717) is 28.7 Å². The SMILES string of the molecule is CC(C)(C)N(Cc1ccccc1)C(=O)CCCCCN1C(=O)C(=Cc2ccccc2)SC1=S. The third kappa shape index (κ3) is 7.27. The van der Waals surface area contributed by atoms with Gasteiger partial charge in [0.2, 0.25) is 5.91 Å². The third-order valence-electron chi connectivity index (χ3n) is 5.54. The highest BCUT2D eigenvalue weighted by molar-refractivity contribution is 8.26. The van der Waals surface area contributed by atoms with Crippen LogP contribution in [0.4, 0.5) is 0 Å². The normalized spacial score (nSPS) is 15.4. The molecule has 3 rings (SSSR count). The van der Waals surface area contributed by atoms with E-state index in [4.69, 9.17) is 12.2 Å². The molecule has 4 nitrogen and oxygen atoms in total. The minimum Gasteiger partial charge on any atom is -0.334 e. The van der Waals surface area contributed by atoms with Crippen LogP contribution in [0.15, 0.2) is 65.6 Å². The van der Waals surface area contributed by atoms with E-state index >= 15 is 0 Å². The zero-order chi connectivity index (χ0) is 23.8. The summed E-state index contributed by atoms with van der Waals surface area (Å²) in [6, 6.07) is 19.9. The molecule has 1 fully saturated rings. The largest absolute Gasteiger partial charge is 0.334 e. The van der Waals surface area contributed by atoms with E-state index in [2.05, 4.69) is 32.9 Å². The van der Waals surface area contributed by atoms with E-state index in [9.17, 15) is 9.59 Å². The van der Waals surface area contributed by atoms with Crippen molar-refractivity contribution in [3.63, 3.8) is 0 Å². The number of benzene rings is 2. The van der Waals surface area contributed by atoms with Gasteiger partial charge in [-0.05, 0) is 50.8 Å². The Morgan fingerprint density at radius 3 is 2.27 bits per heavy atom. The Balaban J connectivity index is 1.46. The summed E-state index contributed by atoms with van der Waals surface area (Å²) in [5.41, 5.74) is 1.90. The summed E-state index contributed by atoms with van der Waals surface area (Å²) in [7, 11) is 0. The first kappa shape index (κ1) is 25.2. The number of thiocarbonyl (C=S) groups is 1. The predicted octanol–water partition coefficient (Wildman–Crippen LogP) is 6.28. The van der Waals surface area contributed by atoms with Gasteiger partial charge in [-0.1, -0.05) is 91.1 Å². The average Bonchev–Trinajstić information content (AvgIpc) is 3.05. The highest BCUT2D eigenvalue weighted by Crippen LogP contribution is 2.32. The molecular formula is C27H32N2O2S2. The maximum Gasteiger partial charge on any atom is 0.266 e. The van der Waals surface area contributed by atoms with Crippen molar-refractivity contribution in [1.82, 2.24) is 9.80 Å². The van der Waals surface area contributed by atoms with Crippen molar-refractivity contribution in [3.05, 3.63) is 76.7 Å². The first-order valence-electron chi connectivity index (χ1n) is 11.4. The van der Waals surface area contributed by atoms with E-state index < -0.39 is 0 Å². The molecule has 0 unspecified atom stereocenters. The molecule has 0 saturated carbocycles. The van der Waals surface area contributed by atoms with Crippen molar-refractivity contribution < 1.29 is 9.59 Å². The molecule has 1 saturated heterocycles. The van der Waals surface area contributed by atoms with Crippen molar-refractivity contribution in [3.8, 4) is 0 Å². The number of amides is 2. The second-order valence-electron chi connectivity index (χ2n) is 9.19. The fraction of sp³-hybridized carbons (Fsp3) is 0.370. The van der Waals surface area contributed by atoms with Crippen LogP contribution in [0.5, 0.6) is 0 Å². The van der Waals surface area contributed by atoms with Crippen LogP contribution >= 0.6 is 24.0 Å². The first-order valence-corrected chi connectivity index (χ1v) is 12.6. The Kier molecular flexibility index (Phi) is 8.87. The van der Waals surface area contributed by atoms with Crippen molar-refractivity contribution in [1.29, 1.82) is 0 Å². The molecule has 1 aliphatic heterocycles. The van der Waals surface area contributed by atoms with E-state index in [1.807, 2.05) is 59.5 Å². The standard InChI is InChI=1S/C27H32N2O2S2/c1-27(2,3)29(20-22-15-9-5-10-16-22)24(30)17-11-6-12-18-28-25(31)23(33-26(28)32)19-21-13-7-4-8-14-21/h4-5,7-10,13-16,19H,6,11-12,17-18,20H2,1-3H3. The van der Waals surface area contributed by atoms with Gasteiger partial charge in [-0.3, -0.25) is 14.5 Å². The number of rotatable bonds is 9. The molecule has 0 bridgehead atoms. The molecule has 2 amide bonds. The van der Waals surface area contributed by atoms with Crippen molar-refractivity contribution in [2.24, 2.45) is 0 Å². The molecular weight excluding hydrogens is 448 g/mol. The van der Waals surface area contributed by atoms with Crippen LogP contribution < -0.4 is 0 Å². The molecule has 0 radical (unpaired) electrons. The molecule has 0 N–H and O–H groups in total. The molecule has 0 aliphatic carbocycles. The van der Waals surface area contributed by atoms with Gasteiger partial charge in [-0.25, -0.2) is 0 Å². The zero-order valence-electron chi connectivity index (χ0n) is 19.6. The smallest absolute Gasteiger partial charge is 0.266 e. The lowest BCUT2D eigenvalue weighted by Gasteiger charge is -2.36. The Bertz CT molecular complexity index is 998. The summed E-state index contributed by atoms with van der Waals surface area (Å²) >= 11 is 6.80. The molecule has 0 atom stereocenters. The number of carbonyl (C=O) groups is 2. The minimum absolute atomic E-state index is 0.0216. The fourth-order valence-corrected chi connectivity index (χ4v) is 5.03. The van der Waals surface area contributed by atoms with Crippen LogP contribution in [0, 0.1) is 0 Å². The first-order chi connectivity index (χ1) is 15.8. The lowest BCUT2D eigenvalue weighted by atomic mass is 10.0. The molecule has 2 aromatic carbocycles. The highest BCUT2D eigenvalue weighted by atomic mass is 32.2. The van der Waals surface area contributed by atoms with Crippen LogP contribution in [0.3, 0.4) is 0 Å². The van der Waals surface area contributed by atoms with E-state index in [-0.39, 0.29) is 17.4 Å². The molecule has 33 heavy (non-hydrogen) atoms. The number of thioether (sulfide) groups is 1. The molecule has 174 valence electrons. The molecule has 1 heterocycles. The number of unbranched alkanes of at least 4 members (excludes halogenated alkanes) is 2. The molecule has 2 aromatic rings. The number of nitrogens with zero attached hydrogens (tertiary/aromatic N) is 2. The molecule has 1 aliphatic rings. The fourth-order valence-electron chi connectivity index (χ4n) is 3.72. The molecule has 0 aromatic heterocycles. The Morgan fingerprint density at radius 2 is 1.64 bits per heavy atom. The summed E-state index contributed by atoms with van der Waals surface area (Å²) in [6.07, 6.45) is 4.91. The summed E-state index contributed by atoms with van der Waals surface area (Å²) in [4.78, 5) is 30.0. The quantitative estimate of drug-likeness (QED) is 0.241. The minimum atomic E-state index is -0.236. The van der Waals surface area contributed by atoms with Crippen molar-refractivity contribution >= 4 is 46.2 Å². The van der Waals surface area contributed by atoms with Crippen LogP contribution in [0.2, 0.25) is 0 Å². The average molecular weight is 481 g/mol. The Hall–Kier alpha value is -2.44. The van der Waals surface area contributed by atoms with Crippen molar-refractivity contribution in [2.45, 2.75) is 58.5 Å². The number of carbonyl (C=O) groups excluding carboxylic acids is 2. The molecule has 0 spiro atoms. The van der Waals surface area contributed by atoms with Gasteiger partial charge in [0.25, 0.3) is 5.91 Å². The third-order valence-corrected chi connectivity index (χ3v) is 6.92. The molecule has 6 heteroatoms. The number of hydrogen-bond donors (Lipinski definition) is 0. The zero-order valence-corrected chi connectivity index (χ0v) is 21.3. The summed E-state index contributed by atoms with van der Waals surface area (Å²) in [5, 5.41) is 0. The van der Waals surface area contributed by atoms with Gasteiger partial charge in [0.1, 0.15) is 4.32 Å². The van der Waals surface area contributed by atoms with Gasteiger partial charge in [0, 0.05) is 25.0 Å². The maximum absolute atomic E-state index is 13.0. The lowest BCUT2D eigenvalue weighted by molar-refractivity contribution is -0.137. The van der Waals surface area contributed by atoms with Gasteiger partial charge >= 0.3 is 0 Å². The Labute approximate surface area is 207 Å². The van der Waals surface area contributed by atoms with E-state index in [0.717, 1.165) is 30.4 Å². The summed E-state index contributed by atoms with van der Waals surface area (Å²) in [5.74, 6) is 0.148. The van der Waals surface area contributed by atoms with Crippen LogP contribution in [-0.2, 0) is 16.1 Å². The van der Waals surface area contributed by atoms with Crippen LogP contribution in [0.25, 0.3) is 6.08 Å². The van der Waals surface area contributed by atoms with Gasteiger partial charge in [0.05, 0.1) is 4.91 Å². The van der Waals surface area contributed by atoms with E-state index in [1.54, 1.807) is 4.90 Å². The lowest BCUT2D eigenvalue weighted by Crippen LogP contribution is -2.45. The second-order valence-corrected chi connectivity index (χ2v) is 10.9. The topological polar surface area (TPSA) is 40.6 Å². The van der Waals surface area contributed by atoms with E-state index in [1.165, 1.54) is 11.8 Å². The predicted molar refractivity (Wildman–Crippen MR) is 142 cm³/mol. The monoisotopic (exact) mass is 480 g/mol. The van der Waals surface area contributed by atoms with Gasteiger partial charge < -0.3 is 4.90 Å². The van der Waals surface area contributed by atoms with Crippen LogP contribution in [0.1, 0.15) is 57.6 Å². The Morgan fingerprint density at radius 1 is 1.00 bits per heavy atom. The highest BCUT2D eigenvalue weighted by Gasteiger charge is 2.31. The van der Waals surface area contributed by atoms with Gasteiger partial charge in [-0.2, -0.15) is 0 Å². The summed E-state index contributed by atoms with van der Waals surface area (Å²) in [6.45, 7) is 7.44. The number of hydrogen-bond acceptors (Lipinski definition) is 4. The maximum atomic E-state index is 13.0. The van der Waals surface area contributed by atoms with Gasteiger partial charge in [0.15, 0.2) is 0 Å². The van der Waals surface area contributed by atoms with Crippen molar-refractivity contribution in [2.75, 3.05) is 6.54 Å². The van der Waals surface area contributed by atoms with Gasteiger partial charge in [-0.15, -0.1) is 0 Å². The van der Waals surface area contributed by atoms with Crippen LogP contribution in [-0.4, -0.2) is 38.0 Å². The summed E-state index contributed by atoms with van der Waals surface area (Å²) < 4.78 is 0.611. The second kappa shape index (κ2) is 11.6.